The third-order valence-corrected chi connectivity index (χ3v) is 14.3. The number of ketones is 1. The smallest absolute Gasteiger partial charge is 0.199 e. The molecular formula is C33H51BrO7Si. The number of hydrogen-bond acceptors (Lipinski definition) is 7. The van der Waals surface area contributed by atoms with E-state index < -0.39 is 8.32 Å². The van der Waals surface area contributed by atoms with Crippen molar-refractivity contribution in [1.82, 2.24) is 0 Å². The fraction of sp³-hybridized carbons (Fsp3) is 0.727. The summed E-state index contributed by atoms with van der Waals surface area (Å²) in [5.41, 5.74) is 0. The van der Waals surface area contributed by atoms with Crippen LogP contribution >= 0.6 is 15.9 Å². The molecule has 9 heteroatoms. The third-order valence-electron chi connectivity index (χ3n) is 9.13. The van der Waals surface area contributed by atoms with E-state index in [0.717, 1.165) is 54.5 Å². The van der Waals surface area contributed by atoms with Gasteiger partial charge in [-0.15, -0.1) is 0 Å². The van der Waals surface area contributed by atoms with Crippen LogP contribution in [0, 0.1) is 11.8 Å². The maximum atomic E-state index is 13.5. The summed E-state index contributed by atoms with van der Waals surface area (Å²) in [5, 5.41) is 0.0173. The fourth-order valence-electron chi connectivity index (χ4n) is 5.84. The summed E-state index contributed by atoms with van der Waals surface area (Å²) in [5.74, 6) is 0.969. The normalized spacial score (nSPS) is 29.4. The number of para-hydroxylation sites is 1. The van der Waals surface area contributed by atoms with Crippen molar-refractivity contribution in [2.45, 2.75) is 122 Å². The van der Waals surface area contributed by atoms with Crippen molar-refractivity contribution in [2.75, 3.05) is 19.8 Å². The molecule has 2 saturated heterocycles. The van der Waals surface area contributed by atoms with Gasteiger partial charge in [0.2, 0.25) is 0 Å². The van der Waals surface area contributed by atoms with Gasteiger partial charge in [-0.2, -0.15) is 0 Å². The van der Waals surface area contributed by atoms with E-state index in [1.807, 2.05) is 24.3 Å². The van der Waals surface area contributed by atoms with E-state index in [2.05, 4.69) is 55.9 Å². The number of halogens is 1. The largest absolute Gasteiger partial charge is 0.492 e. The average molecular weight is 668 g/mol. The Morgan fingerprint density at radius 2 is 1.67 bits per heavy atom. The molecule has 7 nitrogen and oxygen atoms in total. The molecule has 1 saturated carbocycles. The summed E-state index contributed by atoms with van der Waals surface area (Å²) < 4.78 is 39.3. The molecule has 0 N–H and O–H groups in total. The molecule has 0 spiro atoms. The molecule has 0 amide bonds. The Kier molecular flexibility index (Phi) is 12.2. The van der Waals surface area contributed by atoms with Crippen molar-refractivity contribution in [3.63, 3.8) is 0 Å². The van der Waals surface area contributed by atoms with Crippen LogP contribution in [-0.2, 0) is 28.2 Å². The van der Waals surface area contributed by atoms with Crippen molar-refractivity contribution < 1.29 is 32.9 Å². The first-order valence-corrected chi connectivity index (χ1v) is 19.5. The zero-order valence-corrected chi connectivity index (χ0v) is 29.0. The average Bonchev–Trinajstić information content (AvgIpc) is 3.28. The Labute approximate surface area is 262 Å². The number of carbonyl (C=O) groups excluding carboxylic acids is 1. The van der Waals surface area contributed by atoms with E-state index in [0.29, 0.717) is 32.7 Å². The lowest BCUT2D eigenvalue weighted by atomic mass is 9.88. The molecule has 1 aromatic rings. The van der Waals surface area contributed by atoms with Gasteiger partial charge >= 0.3 is 0 Å². The van der Waals surface area contributed by atoms with Crippen molar-refractivity contribution in [3.05, 3.63) is 40.6 Å². The highest BCUT2D eigenvalue weighted by molar-refractivity contribution is 9.10. The minimum Gasteiger partial charge on any atom is -0.492 e. The first kappa shape index (κ1) is 33.7. The molecule has 3 fully saturated rings. The predicted octanol–water partition coefficient (Wildman–Crippen LogP) is 8.17. The Balaban J connectivity index is 1.63. The monoisotopic (exact) mass is 666 g/mol. The number of rotatable bonds is 12. The van der Waals surface area contributed by atoms with Crippen LogP contribution in [0.4, 0.5) is 0 Å². The SMILES string of the molecule is CC(=O)[C@H]1[C@@H](/C(=C\CCOc2ccccc2Br)OC2CCCCO2)[C@@H](OC2CCCCO2)C[C@H]1O[Si](C)(C)C(C)(C)C. The van der Waals surface area contributed by atoms with Gasteiger partial charge in [0.25, 0.3) is 0 Å². The highest BCUT2D eigenvalue weighted by Gasteiger charge is 2.53. The van der Waals surface area contributed by atoms with Gasteiger partial charge in [-0.1, -0.05) is 32.9 Å². The third kappa shape index (κ3) is 8.91. The van der Waals surface area contributed by atoms with Crippen LogP contribution in [0.15, 0.2) is 40.6 Å². The number of ether oxygens (including phenoxy) is 5. The van der Waals surface area contributed by atoms with Gasteiger partial charge in [-0.25, -0.2) is 0 Å². The Bertz CT molecular complexity index is 1040. The molecule has 2 heterocycles. The van der Waals surface area contributed by atoms with E-state index >= 15 is 0 Å². The van der Waals surface area contributed by atoms with E-state index in [1.54, 1.807) is 6.92 Å². The van der Waals surface area contributed by atoms with Gasteiger partial charge in [-0.05, 0) is 91.3 Å². The topological polar surface area (TPSA) is 72.5 Å². The molecule has 236 valence electrons. The number of carbonyl (C=O) groups is 1. The minimum atomic E-state index is -2.17. The van der Waals surface area contributed by atoms with Gasteiger partial charge in [0.05, 0.1) is 41.7 Å². The van der Waals surface area contributed by atoms with Crippen LogP contribution in [0.25, 0.3) is 0 Å². The zero-order chi connectivity index (χ0) is 30.3. The van der Waals surface area contributed by atoms with Crippen molar-refractivity contribution in [2.24, 2.45) is 11.8 Å². The molecule has 2 unspecified atom stereocenters. The lowest BCUT2D eigenvalue weighted by molar-refractivity contribution is -0.201. The molecule has 0 bridgehead atoms. The predicted molar refractivity (Wildman–Crippen MR) is 170 cm³/mol. The van der Waals surface area contributed by atoms with Gasteiger partial charge < -0.3 is 28.1 Å². The van der Waals surface area contributed by atoms with E-state index in [9.17, 15) is 4.79 Å². The first-order valence-electron chi connectivity index (χ1n) is 15.8. The summed E-state index contributed by atoms with van der Waals surface area (Å²) >= 11 is 3.56. The van der Waals surface area contributed by atoms with Crippen molar-refractivity contribution in [3.8, 4) is 5.75 Å². The molecule has 6 atom stereocenters. The summed E-state index contributed by atoms with van der Waals surface area (Å²) in [7, 11) is -2.17. The summed E-state index contributed by atoms with van der Waals surface area (Å²) in [6.07, 6.45) is 8.07. The second-order valence-electron chi connectivity index (χ2n) is 13.4. The van der Waals surface area contributed by atoms with Crippen LogP contribution in [0.1, 0.15) is 79.1 Å². The summed E-state index contributed by atoms with van der Waals surface area (Å²) in [6.45, 7) is 14.7. The molecule has 0 aromatic heterocycles. The first-order chi connectivity index (χ1) is 20.0. The zero-order valence-electron chi connectivity index (χ0n) is 26.4. The second-order valence-corrected chi connectivity index (χ2v) is 19.0. The summed E-state index contributed by atoms with van der Waals surface area (Å²) in [6, 6.07) is 7.83. The Morgan fingerprint density at radius 3 is 2.26 bits per heavy atom. The number of hydrogen-bond donors (Lipinski definition) is 0. The lowest BCUT2D eigenvalue weighted by Crippen LogP contribution is -2.46. The molecule has 42 heavy (non-hydrogen) atoms. The molecule has 2 aliphatic heterocycles. The number of Topliss-reactive ketones (excluding diaryl/α,β-unsaturated/α-hetero) is 1. The van der Waals surface area contributed by atoms with E-state index in [1.165, 1.54) is 0 Å². The van der Waals surface area contributed by atoms with Gasteiger partial charge in [0, 0.05) is 25.9 Å². The molecule has 0 radical (unpaired) electrons. The Morgan fingerprint density at radius 1 is 1.00 bits per heavy atom. The highest BCUT2D eigenvalue weighted by Crippen LogP contribution is 2.47. The lowest BCUT2D eigenvalue weighted by Gasteiger charge is -2.40. The van der Waals surface area contributed by atoms with Crippen LogP contribution in [0.2, 0.25) is 18.1 Å². The maximum Gasteiger partial charge on any atom is 0.199 e. The van der Waals surface area contributed by atoms with Gasteiger partial charge in [0.1, 0.15) is 17.3 Å². The van der Waals surface area contributed by atoms with Gasteiger partial charge in [-0.3, -0.25) is 4.79 Å². The molecule has 3 aliphatic rings. The van der Waals surface area contributed by atoms with E-state index in [4.69, 9.17) is 28.1 Å². The van der Waals surface area contributed by atoms with Crippen LogP contribution in [0.5, 0.6) is 5.75 Å². The minimum absolute atomic E-state index is 0.0173. The Hall–Kier alpha value is -1.23. The fourth-order valence-corrected chi connectivity index (χ4v) is 7.59. The van der Waals surface area contributed by atoms with Crippen molar-refractivity contribution >= 4 is 30.0 Å². The van der Waals surface area contributed by atoms with Crippen LogP contribution < -0.4 is 4.74 Å². The van der Waals surface area contributed by atoms with Crippen LogP contribution in [-0.4, -0.2) is 58.7 Å². The quantitative estimate of drug-likeness (QED) is 0.127. The summed E-state index contributed by atoms with van der Waals surface area (Å²) in [4.78, 5) is 13.5. The standard InChI is InChI=1S/C33H51BrO7Si/c1-23(35)31-28(41-42(5,6)33(2,3)4)22-27(40-30-18-10-12-20-38-30)32(31)26(39-29-17-9-11-19-37-29)16-13-21-36-25-15-8-7-14-24(25)34/h7-8,14-16,27-32H,9-13,17-22H2,1-6H3/b26-16+/t27-,28+,29?,30?,31+,32-/m0/s1. The van der Waals surface area contributed by atoms with E-state index in [-0.39, 0.29) is 47.4 Å². The molecule has 1 aromatic carbocycles. The molecule has 4 rings (SSSR count). The van der Waals surface area contributed by atoms with Crippen molar-refractivity contribution in [1.29, 1.82) is 0 Å². The molecular weight excluding hydrogens is 616 g/mol. The number of benzene rings is 1. The van der Waals surface area contributed by atoms with Gasteiger partial charge in [0.15, 0.2) is 20.9 Å². The van der Waals surface area contributed by atoms with Crippen LogP contribution in [0.3, 0.4) is 0 Å². The second kappa shape index (κ2) is 15.2. The maximum absolute atomic E-state index is 13.5. The highest BCUT2D eigenvalue weighted by atomic mass is 79.9. The molecule has 1 aliphatic carbocycles.